The molecule has 0 bridgehead atoms. The molecule has 146 valence electrons. The molecule has 7 heteroatoms. The Bertz CT molecular complexity index is 1040. The van der Waals surface area contributed by atoms with E-state index < -0.39 is 11.9 Å². The Balaban J connectivity index is 1.66. The zero-order valence-corrected chi connectivity index (χ0v) is 15.2. The quantitative estimate of drug-likeness (QED) is 0.560. The van der Waals surface area contributed by atoms with Gasteiger partial charge in [-0.05, 0) is 48.0 Å². The number of anilines is 1. The van der Waals surface area contributed by atoms with Gasteiger partial charge in [0, 0.05) is 5.69 Å². The Labute approximate surface area is 166 Å². The zero-order valence-electron chi connectivity index (χ0n) is 15.2. The summed E-state index contributed by atoms with van der Waals surface area (Å²) in [7, 11) is 0. The number of nitrogens with one attached hydrogen (secondary N) is 1. The van der Waals surface area contributed by atoms with Crippen molar-refractivity contribution in [2.24, 2.45) is 0 Å². The molecule has 1 amide bonds. The molecule has 0 saturated heterocycles. The SMILES string of the molecule is O=C(Cc1ccccc1)Nc1ccc(Oc2ccc(C(=O)O)c(C(=O)O)c2)cc1. The molecular formula is C22H17NO6. The predicted molar refractivity (Wildman–Crippen MR) is 106 cm³/mol. The molecule has 0 unspecified atom stereocenters. The fourth-order valence-electron chi connectivity index (χ4n) is 2.68. The molecule has 0 aliphatic heterocycles. The molecule has 3 aromatic rings. The van der Waals surface area contributed by atoms with Gasteiger partial charge in [0.25, 0.3) is 0 Å². The smallest absolute Gasteiger partial charge is 0.336 e. The van der Waals surface area contributed by atoms with E-state index in [-0.39, 0.29) is 29.2 Å². The molecule has 0 aliphatic carbocycles. The van der Waals surface area contributed by atoms with Gasteiger partial charge in [0.1, 0.15) is 11.5 Å². The van der Waals surface area contributed by atoms with E-state index in [4.69, 9.17) is 9.84 Å². The van der Waals surface area contributed by atoms with Crippen molar-refractivity contribution in [3.05, 3.63) is 89.5 Å². The van der Waals surface area contributed by atoms with Crippen LogP contribution in [0.3, 0.4) is 0 Å². The number of rotatable bonds is 7. The topological polar surface area (TPSA) is 113 Å². The lowest BCUT2D eigenvalue weighted by Crippen LogP contribution is -2.14. The summed E-state index contributed by atoms with van der Waals surface area (Å²) in [4.78, 5) is 34.4. The highest BCUT2D eigenvalue weighted by molar-refractivity contribution is 6.02. The van der Waals surface area contributed by atoms with Crippen LogP contribution in [-0.4, -0.2) is 28.1 Å². The summed E-state index contributed by atoms with van der Waals surface area (Å²) in [6.45, 7) is 0. The Kier molecular flexibility index (Phi) is 5.89. The van der Waals surface area contributed by atoms with E-state index in [1.807, 2.05) is 30.3 Å². The van der Waals surface area contributed by atoms with E-state index in [1.165, 1.54) is 12.1 Å². The number of benzene rings is 3. The lowest BCUT2D eigenvalue weighted by Gasteiger charge is -2.10. The number of carboxylic acid groups (broad SMARTS) is 2. The van der Waals surface area contributed by atoms with Crippen molar-refractivity contribution in [1.82, 2.24) is 0 Å². The third-order valence-electron chi connectivity index (χ3n) is 4.03. The van der Waals surface area contributed by atoms with Gasteiger partial charge in [0.2, 0.25) is 5.91 Å². The zero-order chi connectivity index (χ0) is 20.8. The number of hydrogen-bond acceptors (Lipinski definition) is 4. The Hall–Kier alpha value is -4.13. The maximum atomic E-state index is 12.1. The minimum absolute atomic E-state index is 0.153. The van der Waals surface area contributed by atoms with Crippen LogP contribution in [-0.2, 0) is 11.2 Å². The number of carbonyl (C=O) groups is 3. The molecule has 7 nitrogen and oxygen atoms in total. The fourth-order valence-corrected chi connectivity index (χ4v) is 2.68. The summed E-state index contributed by atoms with van der Waals surface area (Å²) in [6.07, 6.45) is 0.257. The molecule has 29 heavy (non-hydrogen) atoms. The van der Waals surface area contributed by atoms with E-state index in [2.05, 4.69) is 5.32 Å². The highest BCUT2D eigenvalue weighted by atomic mass is 16.5. The molecule has 3 rings (SSSR count). The average molecular weight is 391 g/mol. The van der Waals surface area contributed by atoms with Crippen molar-refractivity contribution in [2.45, 2.75) is 6.42 Å². The molecule has 0 aliphatic rings. The number of carboxylic acids is 2. The standard InChI is InChI=1S/C22H17NO6/c24-20(12-14-4-2-1-3-5-14)23-15-6-8-16(9-7-15)29-17-10-11-18(21(25)26)19(13-17)22(27)28/h1-11,13H,12H2,(H,23,24)(H,25,26)(H,27,28). The third-order valence-corrected chi connectivity index (χ3v) is 4.03. The van der Waals surface area contributed by atoms with Gasteiger partial charge < -0.3 is 20.3 Å². The molecule has 3 aromatic carbocycles. The highest BCUT2D eigenvalue weighted by Gasteiger charge is 2.17. The second kappa shape index (κ2) is 8.71. The molecule has 3 N–H and O–H groups in total. The average Bonchev–Trinajstić information content (AvgIpc) is 2.70. The van der Waals surface area contributed by atoms with Gasteiger partial charge in [-0.15, -0.1) is 0 Å². The molecular weight excluding hydrogens is 374 g/mol. The van der Waals surface area contributed by atoms with Crippen LogP contribution in [0.4, 0.5) is 5.69 Å². The molecule has 0 aromatic heterocycles. The number of aromatic carboxylic acids is 2. The third kappa shape index (κ3) is 5.20. The van der Waals surface area contributed by atoms with Crippen LogP contribution in [0.5, 0.6) is 11.5 Å². The van der Waals surface area contributed by atoms with Crippen LogP contribution in [0, 0.1) is 0 Å². The summed E-state index contributed by atoms with van der Waals surface area (Å²) in [5.41, 5.74) is 0.816. The van der Waals surface area contributed by atoms with Gasteiger partial charge >= 0.3 is 11.9 Å². The first-order valence-electron chi connectivity index (χ1n) is 8.65. The van der Waals surface area contributed by atoms with Gasteiger partial charge in [-0.25, -0.2) is 9.59 Å². The predicted octanol–water partition coefficient (Wildman–Crippen LogP) is 4.06. The van der Waals surface area contributed by atoms with Crippen molar-refractivity contribution in [2.75, 3.05) is 5.32 Å². The molecule has 0 spiro atoms. The van der Waals surface area contributed by atoms with Crippen LogP contribution in [0.2, 0.25) is 0 Å². The summed E-state index contributed by atoms with van der Waals surface area (Å²) >= 11 is 0. The van der Waals surface area contributed by atoms with E-state index in [1.54, 1.807) is 24.3 Å². The monoisotopic (exact) mass is 391 g/mol. The van der Waals surface area contributed by atoms with E-state index in [0.29, 0.717) is 11.4 Å². The van der Waals surface area contributed by atoms with Gasteiger partial charge in [0.05, 0.1) is 17.5 Å². The molecule has 0 heterocycles. The van der Waals surface area contributed by atoms with Crippen LogP contribution < -0.4 is 10.1 Å². The first-order valence-corrected chi connectivity index (χ1v) is 8.65. The first kappa shape index (κ1) is 19.6. The molecule has 0 atom stereocenters. The maximum absolute atomic E-state index is 12.1. The first-order chi connectivity index (χ1) is 13.9. The highest BCUT2D eigenvalue weighted by Crippen LogP contribution is 2.25. The molecule has 0 saturated carbocycles. The van der Waals surface area contributed by atoms with E-state index >= 15 is 0 Å². The van der Waals surface area contributed by atoms with Crippen molar-refractivity contribution >= 4 is 23.5 Å². The normalized spacial score (nSPS) is 10.2. The minimum atomic E-state index is -1.36. The summed E-state index contributed by atoms with van der Waals surface area (Å²) in [5.74, 6) is -2.24. The Morgan fingerprint density at radius 1 is 0.759 bits per heavy atom. The Morgan fingerprint density at radius 2 is 1.38 bits per heavy atom. The largest absolute Gasteiger partial charge is 0.478 e. The summed E-state index contributed by atoms with van der Waals surface area (Å²) in [6, 6.07) is 19.6. The minimum Gasteiger partial charge on any atom is -0.478 e. The Morgan fingerprint density at radius 3 is 2.00 bits per heavy atom. The fraction of sp³-hybridized carbons (Fsp3) is 0.0455. The number of carbonyl (C=O) groups excluding carboxylic acids is 1. The van der Waals surface area contributed by atoms with Crippen LogP contribution >= 0.6 is 0 Å². The second-order valence-corrected chi connectivity index (χ2v) is 6.15. The summed E-state index contributed by atoms with van der Waals surface area (Å²) < 4.78 is 5.59. The van der Waals surface area contributed by atoms with Gasteiger partial charge in [-0.1, -0.05) is 30.3 Å². The van der Waals surface area contributed by atoms with Crippen molar-refractivity contribution in [3.8, 4) is 11.5 Å². The number of ether oxygens (including phenoxy) is 1. The molecule has 0 radical (unpaired) electrons. The maximum Gasteiger partial charge on any atom is 0.336 e. The van der Waals surface area contributed by atoms with E-state index in [9.17, 15) is 19.5 Å². The molecule has 0 fully saturated rings. The lowest BCUT2D eigenvalue weighted by molar-refractivity contribution is -0.115. The van der Waals surface area contributed by atoms with Crippen LogP contribution in [0.1, 0.15) is 26.3 Å². The van der Waals surface area contributed by atoms with Crippen LogP contribution in [0.15, 0.2) is 72.8 Å². The number of amides is 1. The van der Waals surface area contributed by atoms with Gasteiger partial charge in [0.15, 0.2) is 0 Å². The van der Waals surface area contributed by atoms with E-state index in [0.717, 1.165) is 11.6 Å². The van der Waals surface area contributed by atoms with Crippen LogP contribution in [0.25, 0.3) is 0 Å². The van der Waals surface area contributed by atoms with Crippen molar-refractivity contribution in [1.29, 1.82) is 0 Å². The lowest BCUT2D eigenvalue weighted by atomic mass is 10.1. The van der Waals surface area contributed by atoms with Gasteiger partial charge in [-0.3, -0.25) is 4.79 Å². The van der Waals surface area contributed by atoms with Gasteiger partial charge in [-0.2, -0.15) is 0 Å². The van der Waals surface area contributed by atoms with Crippen molar-refractivity contribution < 1.29 is 29.3 Å². The summed E-state index contributed by atoms with van der Waals surface area (Å²) in [5, 5.41) is 21.0. The van der Waals surface area contributed by atoms with Crippen molar-refractivity contribution in [3.63, 3.8) is 0 Å². The second-order valence-electron chi connectivity index (χ2n) is 6.15. The number of hydrogen-bond donors (Lipinski definition) is 3.